The van der Waals surface area contributed by atoms with Crippen LogP contribution in [0.2, 0.25) is 0 Å². The number of benzene rings is 2. The van der Waals surface area contributed by atoms with Gasteiger partial charge in [0.15, 0.2) is 5.13 Å². The number of rotatable bonds is 8. The molecule has 4 aromatic rings. The molecule has 2 saturated heterocycles. The normalized spacial score (nSPS) is 22.2. The van der Waals surface area contributed by atoms with Crippen LogP contribution < -0.4 is 9.64 Å². The number of hydrogen-bond donors (Lipinski definition) is 1. The van der Waals surface area contributed by atoms with Crippen LogP contribution in [0, 0.1) is 6.92 Å². The molecule has 0 spiro atoms. The van der Waals surface area contributed by atoms with Crippen molar-refractivity contribution < 1.29 is 37.1 Å². The Kier molecular flexibility index (Phi) is 6.65. The van der Waals surface area contributed by atoms with Crippen LogP contribution in [0.5, 0.6) is 5.75 Å². The molecule has 2 unspecified atom stereocenters. The Morgan fingerprint density at radius 2 is 1.88 bits per heavy atom. The van der Waals surface area contributed by atoms with Gasteiger partial charge in [0.05, 0.1) is 28.5 Å². The van der Waals surface area contributed by atoms with E-state index in [0.29, 0.717) is 17.0 Å². The van der Waals surface area contributed by atoms with E-state index in [9.17, 15) is 23.1 Å². The van der Waals surface area contributed by atoms with Gasteiger partial charge >= 0.3 is 12.3 Å². The van der Waals surface area contributed by atoms with Gasteiger partial charge in [-0.2, -0.15) is 0 Å². The molecule has 3 aliphatic rings. The Hall–Kier alpha value is -3.64. The maximum Gasteiger partial charge on any atom is 0.573 e. The molecule has 2 aliphatic heterocycles. The number of fused-ring (bicyclic) bond motifs is 3. The SMILES string of the molecule is Cc1cc(C(=O)O)cc2sc(N3C4CCC3CC(OCc3c(-c5ccccc5OC(F)(F)F)noc3C3CC3)C4)nc12. The predicted octanol–water partition coefficient (Wildman–Crippen LogP) is 7.45. The Bertz CT molecular complexity index is 1650. The molecule has 12 heteroatoms. The first-order valence-electron chi connectivity index (χ1n) is 14.0. The van der Waals surface area contributed by atoms with Crippen molar-refractivity contribution in [3.63, 3.8) is 0 Å². The summed E-state index contributed by atoms with van der Waals surface area (Å²) in [6, 6.07) is 9.78. The van der Waals surface area contributed by atoms with Crippen LogP contribution in [0.25, 0.3) is 21.5 Å². The van der Waals surface area contributed by atoms with Crippen molar-refractivity contribution in [2.45, 2.75) is 82.5 Å². The lowest BCUT2D eigenvalue weighted by Gasteiger charge is -2.38. The quantitative estimate of drug-likeness (QED) is 0.223. The molecular formula is C30H28F3N3O5S. The van der Waals surface area contributed by atoms with Crippen LogP contribution in [0.15, 0.2) is 40.9 Å². The van der Waals surface area contributed by atoms with Crippen LogP contribution in [0.4, 0.5) is 18.3 Å². The maximum atomic E-state index is 13.1. The number of aromatic nitrogens is 2. The Balaban J connectivity index is 1.10. The number of aryl methyl sites for hydroxylation is 1. The van der Waals surface area contributed by atoms with Gasteiger partial charge in [-0.1, -0.05) is 28.6 Å². The van der Waals surface area contributed by atoms with Crippen molar-refractivity contribution in [1.82, 2.24) is 10.1 Å². The van der Waals surface area contributed by atoms with Gasteiger partial charge in [-0.3, -0.25) is 0 Å². The smallest absolute Gasteiger partial charge is 0.478 e. The number of aromatic carboxylic acids is 1. The highest BCUT2D eigenvalue weighted by molar-refractivity contribution is 7.22. The Morgan fingerprint density at radius 1 is 1.14 bits per heavy atom. The van der Waals surface area contributed by atoms with Gasteiger partial charge < -0.3 is 24.0 Å². The largest absolute Gasteiger partial charge is 0.573 e. The van der Waals surface area contributed by atoms with E-state index in [1.807, 2.05) is 6.92 Å². The van der Waals surface area contributed by atoms with E-state index in [1.54, 1.807) is 24.3 Å². The molecular weight excluding hydrogens is 571 g/mol. The van der Waals surface area contributed by atoms with Gasteiger partial charge in [-0.15, -0.1) is 13.2 Å². The van der Waals surface area contributed by atoms with E-state index in [2.05, 4.69) is 14.8 Å². The fourth-order valence-corrected chi connectivity index (χ4v) is 7.64. The third-order valence-electron chi connectivity index (χ3n) is 8.43. The zero-order valence-electron chi connectivity index (χ0n) is 22.7. The minimum Gasteiger partial charge on any atom is -0.478 e. The number of hydrogen-bond acceptors (Lipinski definition) is 8. The zero-order chi connectivity index (χ0) is 29.2. The third-order valence-corrected chi connectivity index (χ3v) is 9.45. The first kappa shape index (κ1) is 27.2. The topological polar surface area (TPSA) is 97.9 Å². The summed E-state index contributed by atoms with van der Waals surface area (Å²) < 4.78 is 56.6. The monoisotopic (exact) mass is 599 g/mol. The number of carbonyl (C=O) groups is 1. The molecule has 0 amide bonds. The number of para-hydroxylation sites is 1. The molecule has 3 fully saturated rings. The van der Waals surface area contributed by atoms with Gasteiger partial charge in [-0.05, 0) is 75.3 Å². The summed E-state index contributed by atoms with van der Waals surface area (Å²) in [6.45, 7) is 2.07. The minimum absolute atomic E-state index is 0.0371. The molecule has 4 heterocycles. The summed E-state index contributed by atoms with van der Waals surface area (Å²) in [6.07, 6.45) is 0.620. The summed E-state index contributed by atoms with van der Waals surface area (Å²) >= 11 is 1.52. The van der Waals surface area contributed by atoms with Gasteiger partial charge in [0.2, 0.25) is 0 Å². The van der Waals surface area contributed by atoms with Crippen molar-refractivity contribution in [2.75, 3.05) is 4.90 Å². The highest BCUT2D eigenvalue weighted by atomic mass is 32.1. The molecule has 1 saturated carbocycles. The number of ether oxygens (including phenoxy) is 2. The fraction of sp³-hybridized carbons (Fsp3) is 0.433. The number of halogens is 3. The zero-order valence-corrected chi connectivity index (χ0v) is 23.5. The minimum atomic E-state index is -4.83. The number of anilines is 1. The van der Waals surface area contributed by atoms with Crippen LogP contribution in [-0.4, -0.2) is 45.8 Å². The first-order chi connectivity index (χ1) is 20.1. The first-order valence-corrected chi connectivity index (χ1v) is 14.8. The lowest BCUT2D eigenvalue weighted by molar-refractivity contribution is -0.274. The summed E-state index contributed by atoms with van der Waals surface area (Å²) in [5.41, 5.74) is 3.16. The maximum absolute atomic E-state index is 13.1. The van der Waals surface area contributed by atoms with Crippen LogP contribution in [0.1, 0.15) is 71.7 Å². The second kappa shape index (κ2) is 10.3. The lowest BCUT2D eigenvalue weighted by atomic mass is 10.00. The summed E-state index contributed by atoms with van der Waals surface area (Å²) in [4.78, 5) is 18.8. The standard InChI is InChI=1S/C30H28F3N3O5S/c1-15-10-17(28(37)38)11-24-25(15)34-29(42-24)36-18-8-9-19(36)13-20(12-18)39-14-22-26(35-41-27(22)16-6-7-16)21-4-2-3-5-23(21)40-30(31,32)33/h2-5,10-11,16,18-20H,6-9,12-14H2,1H3,(H,37,38). The molecule has 2 aromatic heterocycles. The van der Waals surface area contributed by atoms with Crippen molar-refractivity contribution in [3.8, 4) is 17.0 Å². The number of thiazole rings is 1. The molecule has 220 valence electrons. The van der Waals surface area contributed by atoms with Gasteiger partial charge in [0, 0.05) is 29.1 Å². The number of carboxylic acid groups (broad SMARTS) is 1. The van der Waals surface area contributed by atoms with Gasteiger partial charge in [0.25, 0.3) is 0 Å². The Morgan fingerprint density at radius 3 is 2.57 bits per heavy atom. The van der Waals surface area contributed by atoms with Crippen molar-refractivity contribution >= 4 is 32.7 Å². The van der Waals surface area contributed by atoms with Crippen molar-refractivity contribution in [3.05, 3.63) is 58.8 Å². The fourth-order valence-electron chi connectivity index (χ4n) is 6.41. The van der Waals surface area contributed by atoms with Crippen molar-refractivity contribution in [2.24, 2.45) is 0 Å². The highest BCUT2D eigenvalue weighted by Gasteiger charge is 2.43. The highest BCUT2D eigenvalue weighted by Crippen LogP contribution is 2.47. The van der Waals surface area contributed by atoms with Crippen LogP contribution in [0.3, 0.4) is 0 Å². The van der Waals surface area contributed by atoms with Gasteiger partial charge in [0.1, 0.15) is 17.2 Å². The van der Waals surface area contributed by atoms with Crippen LogP contribution in [-0.2, 0) is 11.3 Å². The second-order valence-corrected chi connectivity index (χ2v) is 12.3. The van der Waals surface area contributed by atoms with E-state index in [1.165, 1.54) is 23.5 Å². The average molecular weight is 600 g/mol. The number of carboxylic acids is 1. The molecule has 1 N–H and O–H groups in total. The molecule has 0 radical (unpaired) electrons. The molecule has 1 aliphatic carbocycles. The molecule has 42 heavy (non-hydrogen) atoms. The average Bonchev–Trinajstić information content (AvgIpc) is 3.45. The van der Waals surface area contributed by atoms with E-state index >= 15 is 0 Å². The number of piperidine rings is 1. The van der Waals surface area contributed by atoms with Crippen LogP contribution >= 0.6 is 11.3 Å². The van der Waals surface area contributed by atoms with E-state index < -0.39 is 12.3 Å². The summed E-state index contributed by atoms with van der Waals surface area (Å²) in [5.74, 6) is -0.402. The third kappa shape index (κ3) is 5.11. The van der Waals surface area contributed by atoms with E-state index in [4.69, 9.17) is 14.2 Å². The lowest BCUT2D eigenvalue weighted by Crippen LogP contribution is -2.45. The molecule has 8 nitrogen and oxygen atoms in total. The number of alkyl halides is 3. The second-order valence-electron chi connectivity index (χ2n) is 11.3. The molecule has 2 atom stereocenters. The van der Waals surface area contributed by atoms with Gasteiger partial charge in [-0.25, -0.2) is 9.78 Å². The molecule has 7 rings (SSSR count). The Labute approximate surface area is 243 Å². The molecule has 2 aromatic carbocycles. The summed E-state index contributed by atoms with van der Waals surface area (Å²) in [7, 11) is 0. The predicted molar refractivity (Wildman–Crippen MR) is 149 cm³/mol. The van der Waals surface area contributed by atoms with E-state index in [0.717, 1.165) is 59.4 Å². The summed E-state index contributed by atoms with van der Waals surface area (Å²) in [5, 5.41) is 14.5. The van der Waals surface area contributed by atoms with E-state index in [-0.39, 0.29) is 47.6 Å². The molecule has 2 bridgehead atoms. The van der Waals surface area contributed by atoms with Crippen molar-refractivity contribution in [1.29, 1.82) is 0 Å². The number of nitrogens with zero attached hydrogens (tertiary/aromatic N) is 3.